The van der Waals surface area contributed by atoms with E-state index in [0.29, 0.717) is 5.82 Å². The zero-order valence-electron chi connectivity index (χ0n) is 10.9. The van der Waals surface area contributed by atoms with Crippen LogP contribution in [0.5, 0.6) is 0 Å². The van der Waals surface area contributed by atoms with Gasteiger partial charge in [-0.2, -0.15) is 5.10 Å². The van der Waals surface area contributed by atoms with Crippen LogP contribution in [-0.2, 0) is 0 Å². The number of aryl methyl sites for hydroxylation is 2. The quantitative estimate of drug-likeness (QED) is 0.738. The number of hydrogen-bond acceptors (Lipinski definition) is 3. The van der Waals surface area contributed by atoms with E-state index in [-0.39, 0.29) is 0 Å². The number of nitrogens with zero attached hydrogens (tertiary/aromatic N) is 1. The molecule has 0 atom stereocenters. The molecule has 0 aliphatic rings. The number of nitrogens with two attached hydrogens (primary N) is 1. The van der Waals surface area contributed by atoms with Crippen LogP contribution in [0.2, 0.25) is 0 Å². The molecule has 96 valence electrons. The van der Waals surface area contributed by atoms with Crippen LogP contribution in [0, 0.1) is 13.8 Å². The van der Waals surface area contributed by atoms with Crippen molar-refractivity contribution < 1.29 is 0 Å². The first-order chi connectivity index (χ1) is 9.15. The van der Waals surface area contributed by atoms with Crippen molar-refractivity contribution >= 4 is 17.2 Å². The Balaban J connectivity index is 2.19. The topological polar surface area (TPSA) is 54.7 Å². The number of anilines is 1. The van der Waals surface area contributed by atoms with Crippen molar-refractivity contribution in [2.24, 2.45) is 0 Å². The molecule has 2 heterocycles. The fourth-order valence-corrected chi connectivity index (χ4v) is 3.06. The standard InChI is InChI=1S/C15H15N3S/c1-9-4-3-5-11(8-9)13-14(17-18-15(13)16)12-7-6-10(2)19-12/h3-8H,1-2H3,(H3,16,17,18). The van der Waals surface area contributed by atoms with Crippen molar-refractivity contribution in [2.75, 3.05) is 5.73 Å². The minimum absolute atomic E-state index is 0.548. The van der Waals surface area contributed by atoms with Gasteiger partial charge < -0.3 is 5.73 Å². The van der Waals surface area contributed by atoms with Gasteiger partial charge in [-0.1, -0.05) is 29.8 Å². The first kappa shape index (κ1) is 12.0. The molecule has 3 nitrogen and oxygen atoms in total. The van der Waals surface area contributed by atoms with E-state index in [1.54, 1.807) is 11.3 Å². The van der Waals surface area contributed by atoms with Crippen LogP contribution >= 0.6 is 11.3 Å². The summed E-state index contributed by atoms with van der Waals surface area (Å²) < 4.78 is 0. The summed E-state index contributed by atoms with van der Waals surface area (Å²) in [5, 5.41) is 7.22. The third kappa shape index (κ3) is 2.15. The van der Waals surface area contributed by atoms with E-state index >= 15 is 0 Å². The summed E-state index contributed by atoms with van der Waals surface area (Å²) in [7, 11) is 0. The Bertz CT molecular complexity index is 725. The van der Waals surface area contributed by atoms with Crippen LogP contribution < -0.4 is 5.73 Å². The Kier molecular flexibility index (Phi) is 2.87. The summed E-state index contributed by atoms with van der Waals surface area (Å²) in [4.78, 5) is 2.44. The molecule has 3 rings (SSSR count). The molecular weight excluding hydrogens is 254 g/mol. The maximum atomic E-state index is 6.03. The van der Waals surface area contributed by atoms with Gasteiger partial charge in [-0.15, -0.1) is 11.3 Å². The molecule has 0 unspecified atom stereocenters. The average Bonchev–Trinajstić information content (AvgIpc) is 2.95. The smallest absolute Gasteiger partial charge is 0.153 e. The lowest BCUT2D eigenvalue weighted by Crippen LogP contribution is -1.88. The highest BCUT2D eigenvalue weighted by Crippen LogP contribution is 2.37. The third-order valence-electron chi connectivity index (χ3n) is 3.09. The van der Waals surface area contributed by atoms with Crippen LogP contribution in [0.1, 0.15) is 10.4 Å². The second kappa shape index (κ2) is 4.55. The van der Waals surface area contributed by atoms with Crippen molar-refractivity contribution in [3.63, 3.8) is 0 Å². The summed E-state index contributed by atoms with van der Waals surface area (Å²) in [6.07, 6.45) is 0. The summed E-state index contributed by atoms with van der Waals surface area (Å²) >= 11 is 1.74. The van der Waals surface area contributed by atoms with Crippen molar-refractivity contribution in [2.45, 2.75) is 13.8 Å². The van der Waals surface area contributed by atoms with Gasteiger partial charge in [-0.3, -0.25) is 5.10 Å². The summed E-state index contributed by atoms with van der Waals surface area (Å²) in [6.45, 7) is 4.18. The van der Waals surface area contributed by atoms with E-state index < -0.39 is 0 Å². The van der Waals surface area contributed by atoms with E-state index in [0.717, 1.165) is 16.8 Å². The molecular formula is C15H15N3S. The number of benzene rings is 1. The molecule has 3 N–H and O–H groups in total. The first-order valence-electron chi connectivity index (χ1n) is 6.13. The molecule has 1 aromatic carbocycles. The Hall–Kier alpha value is -2.07. The molecule has 0 fully saturated rings. The van der Waals surface area contributed by atoms with Crippen molar-refractivity contribution in [3.8, 4) is 21.7 Å². The minimum Gasteiger partial charge on any atom is -0.382 e. The predicted molar refractivity (Wildman–Crippen MR) is 81.2 cm³/mol. The minimum atomic E-state index is 0.548. The fraction of sp³-hybridized carbons (Fsp3) is 0.133. The monoisotopic (exact) mass is 269 g/mol. The van der Waals surface area contributed by atoms with Gasteiger partial charge in [0.05, 0.1) is 16.1 Å². The highest BCUT2D eigenvalue weighted by Gasteiger charge is 2.15. The van der Waals surface area contributed by atoms with Crippen LogP contribution in [0.4, 0.5) is 5.82 Å². The number of nitrogen functional groups attached to an aromatic ring is 1. The number of rotatable bonds is 2. The van der Waals surface area contributed by atoms with E-state index in [1.807, 2.05) is 6.07 Å². The normalized spacial score (nSPS) is 10.8. The number of H-pyrrole nitrogens is 1. The SMILES string of the molecule is Cc1cccc(-c2c(N)n[nH]c2-c2ccc(C)s2)c1. The predicted octanol–water partition coefficient (Wildman–Crippen LogP) is 4.00. The van der Waals surface area contributed by atoms with E-state index in [1.165, 1.54) is 15.3 Å². The van der Waals surface area contributed by atoms with Crippen molar-refractivity contribution in [1.29, 1.82) is 0 Å². The second-order valence-electron chi connectivity index (χ2n) is 4.64. The Labute approximate surface area is 116 Å². The second-order valence-corrected chi connectivity index (χ2v) is 5.93. The zero-order chi connectivity index (χ0) is 13.4. The van der Waals surface area contributed by atoms with Crippen LogP contribution in [0.15, 0.2) is 36.4 Å². The number of nitrogens with one attached hydrogen (secondary N) is 1. The Morgan fingerprint density at radius 2 is 2.00 bits per heavy atom. The van der Waals surface area contributed by atoms with Gasteiger partial charge in [0.2, 0.25) is 0 Å². The highest BCUT2D eigenvalue weighted by molar-refractivity contribution is 7.15. The van der Waals surface area contributed by atoms with Gasteiger partial charge >= 0.3 is 0 Å². The molecule has 0 saturated heterocycles. The van der Waals surface area contributed by atoms with Gasteiger partial charge in [0.1, 0.15) is 0 Å². The molecule has 2 aromatic heterocycles. The van der Waals surface area contributed by atoms with E-state index in [2.05, 4.69) is 54.4 Å². The number of aromatic amines is 1. The zero-order valence-corrected chi connectivity index (χ0v) is 11.7. The van der Waals surface area contributed by atoms with E-state index in [9.17, 15) is 0 Å². The Morgan fingerprint density at radius 1 is 1.16 bits per heavy atom. The largest absolute Gasteiger partial charge is 0.382 e. The molecule has 3 aromatic rings. The van der Waals surface area contributed by atoms with E-state index in [4.69, 9.17) is 5.73 Å². The lowest BCUT2D eigenvalue weighted by molar-refractivity contribution is 1.11. The molecule has 19 heavy (non-hydrogen) atoms. The number of aromatic nitrogens is 2. The molecule has 0 spiro atoms. The molecule has 0 saturated carbocycles. The molecule has 4 heteroatoms. The molecule has 0 amide bonds. The third-order valence-corrected chi connectivity index (χ3v) is 4.11. The lowest BCUT2D eigenvalue weighted by Gasteiger charge is -2.04. The molecule has 0 aliphatic heterocycles. The van der Waals surface area contributed by atoms with Crippen LogP contribution in [0.3, 0.4) is 0 Å². The van der Waals surface area contributed by atoms with Crippen LogP contribution in [0.25, 0.3) is 21.7 Å². The van der Waals surface area contributed by atoms with Crippen LogP contribution in [-0.4, -0.2) is 10.2 Å². The maximum absolute atomic E-state index is 6.03. The number of thiophene rings is 1. The first-order valence-corrected chi connectivity index (χ1v) is 6.94. The van der Waals surface area contributed by atoms with Gasteiger partial charge in [0, 0.05) is 4.88 Å². The summed E-state index contributed by atoms with van der Waals surface area (Å²) in [5.41, 5.74) is 10.3. The van der Waals surface area contributed by atoms with Gasteiger partial charge in [-0.25, -0.2) is 0 Å². The summed E-state index contributed by atoms with van der Waals surface area (Å²) in [6, 6.07) is 12.5. The molecule has 0 aliphatic carbocycles. The lowest BCUT2D eigenvalue weighted by atomic mass is 10.0. The Morgan fingerprint density at radius 3 is 2.68 bits per heavy atom. The fourth-order valence-electron chi connectivity index (χ4n) is 2.20. The molecule has 0 radical (unpaired) electrons. The van der Waals surface area contributed by atoms with Gasteiger partial charge in [-0.05, 0) is 31.5 Å². The average molecular weight is 269 g/mol. The maximum Gasteiger partial charge on any atom is 0.153 e. The highest BCUT2D eigenvalue weighted by atomic mass is 32.1. The van der Waals surface area contributed by atoms with Gasteiger partial charge in [0.15, 0.2) is 5.82 Å². The summed E-state index contributed by atoms with van der Waals surface area (Å²) in [5.74, 6) is 0.548. The number of hydrogen-bond donors (Lipinski definition) is 2. The van der Waals surface area contributed by atoms with Crippen molar-refractivity contribution in [3.05, 3.63) is 46.8 Å². The van der Waals surface area contributed by atoms with Gasteiger partial charge in [0.25, 0.3) is 0 Å². The molecule has 0 bridgehead atoms. The van der Waals surface area contributed by atoms with Crippen molar-refractivity contribution in [1.82, 2.24) is 10.2 Å².